The number of aliphatic hydroxyl groups is 1. The van der Waals surface area contributed by atoms with Gasteiger partial charge in [-0.3, -0.25) is 4.79 Å². The minimum atomic E-state index is -3.80. The summed E-state index contributed by atoms with van der Waals surface area (Å²) in [6.45, 7) is 1.25. The van der Waals surface area contributed by atoms with Gasteiger partial charge in [0.25, 0.3) is 10.0 Å². The van der Waals surface area contributed by atoms with Gasteiger partial charge in [0.05, 0.1) is 5.60 Å². The van der Waals surface area contributed by atoms with Gasteiger partial charge in [-0.15, -0.1) is 10.2 Å². The molecule has 1 aliphatic carbocycles. The van der Waals surface area contributed by atoms with Gasteiger partial charge in [-0.2, -0.15) is 0 Å². The molecule has 2 rings (SSSR count). The average Bonchev–Trinajstić information content (AvgIpc) is 2.72. The molecule has 1 aliphatic rings. The van der Waals surface area contributed by atoms with E-state index >= 15 is 0 Å². The minimum absolute atomic E-state index is 0.0373. The third-order valence-corrected chi connectivity index (χ3v) is 5.40. The van der Waals surface area contributed by atoms with Gasteiger partial charge in [0.2, 0.25) is 15.4 Å². The lowest BCUT2D eigenvalue weighted by Crippen LogP contribution is -2.47. The van der Waals surface area contributed by atoms with Gasteiger partial charge >= 0.3 is 0 Å². The van der Waals surface area contributed by atoms with Crippen molar-refractivity contribution in [3.63, 3.8) is 0 Å². The molecule has 106 valence electrons. The van der Waals surface area contributed by atoms with Crippen LogP contribution in [0, 0.1) is 0 Å². The Labute approximate surface area is 114 Å². The van der Waals surface area contributed by atoms with Gasteiger partial charge in [0.1, 0.15) is 0 Å². The van der Waals surface area contributed by atoms with E-state index in [1.165, 1.54) is 6.92 Å². The minimum Gasteiger partial charge on any atom is -0.389 e. The topological polar surface area (TPSA) is 121 Å². The van der Waals surface area contributed by atoms with Crippen molar-refractivity contribution in [3.8, 4) is 0 Å². The molecular weight excluding hydrogens is 292 g/mol. The molecule has 1 aromatic heterocycles. The Bertz CT molecular complexity index is 579. The highest BCUT2D eigenvalue weighted by Gasteiger charge is 2.36. The van der Waals surface area contributed by atoms with Crippen molar-refractivity contribution >= 4 is 32.4 Å². The first kappa shape index (κ1) is 14.3. The van der Waals surface area contributed by atoms with Crippen LogP contribution in [0.15, 0.2) is 4.34 Å². The second kappa shape index (κ2) is 5.12. The molecular formula is C9H14N4O4S2. The van der Waals surface area contributed by atoms with E-state index in [-0.39, 0.29) is 21.9 Å². The first-order chi connectivity index (χ1) is 8.81. The number of aromatic nitrogens is 2. The number of carbonyl (C=O) groups excluding carboxylic acids is 1. The molecule has 0 aliphatic heterocycles. The molecule has 10 heteroatoms. The SMILES string of the molecule is CC(=O)Nc1nnc(S(=O)(=O)NCC2(O)CCC2)s1. The number of carbonyl (C=O) groups is 1. The molecule has 0 bridgehead atoms. The van der Waals surface area contributed by atoms with E-state index in [9.17, 15) is 18.3 Å². The smallest absolute Gasteiger partial charge is 0.269 e. The summed E-state index contributed by atoms with van der Waals surface area (Å²) >= 11 is 0.758. The molecule has 1 aromatic rings. The molecule has 8 nitrogen and oxygen atoms in total. The van der Waals surface area contributed by atoms with E-state index in [0.717, 1.165) is 17.8 Å². The van der Waals surface area contributed by atoms with Gasteiger partial charge in [0.15, 0.2) is 0 Å². The van der Waals surface area contributed by atoms with Crippen molar-refractivity contribution in [3.05, 3.63) is 0 Å². The summed E-state index contributed by atoms with van der Waals surface area (Å²) in [4.78, 5) is 10.8. The molecule has 0 aromatic carbocycles. The molecule has 19 heavy (non-hydrogen) atoms. The van der Waals surface area contributed by atoms with Gasteiger partial charge in [0, 0.05) is 13.5 Å². The zero-order chi connectivity index (χ0) is 14.1. The van der Waals surface area contributed by atoms with Gasteiger partial charge < -0.3 is 10.4 Å². The Balaban J connectivity index is 2.02. The zero-order valence-electron chi connectivity index (χ0n) is 10.2. The van der Waals surface area contributed by atoms with Crippen LogP contribution in [0.2, 0.25) is 0 Å². The first-order valence-electron chi connectivity index (χ1n) is 5.64. The van der Waals surface area contributed by atoms with E-state index in [0.29, 0.717) is 12.8 Å². The van der Waals surface area contributed by atoms with Crippen molar-refractivity contribution < 1.29 is 18.3 Å². The van der Waals surface area contributed by atoms with E-state index < -0.39 is 15.6 Å². The molecule has 0 spiro atoms. The van der Waals surface area contributed by atoms with Crippen LogP contribution in [0.1, 0.15) is 26.2 Å². The number of anilines is 1. The normalized spacial score (nSPS) is 17.8. The van der Waals surface area contributed by atoms with Crippen molar-refractivity contribution in [1.82, 2.24) is 14.9 Å². The van der Waals surface area contributed by atoms with Crippen LogP contribution in [0.25, 0.3) is 0 Å². The van der Waals surface area contributed by atoms with E-state index in [4.69, 9.17) is 0 Å². The van der Waals surface area contributed by atoms with Gasteiger partial charge in [-0.25, -0.2) is 13.1 Å². The lowest BCUT2D eigenvalue weighted by molar-refractivity contribution is -0.114. The van der Waals surface area contributed by atoms with Crippen LogP contribution in [0.5, 0.6) is 0 Å². The molecule has 0 atom stereocenters. The molecule has 1 heterocycles. The van der Waals surface area contributed by atoms with Crippen LogP contribution in [0.4, 0.5) is 5.13 Å². The summed E-state index contributed by atoms with van der Waals surface area (Å²) < 4.78 is 25.8. The second-order valence-corrected chi connectivity index (χ2v) is 7.37. The van der Waals surface area contributed by atoms with Gasteiger partial charge in [-0.05, 0) is 19.3 Å². The first-order valence-corrected chi connectivity index (χ1v) is 7.94. The molecule has 0 saturated heterocycles. The lowest BCUT2D eigenvalue weighted by Gasteiger charge is -2.36. The third-order valence-electron chi connectivity index (χ3n) is 2.79. The van der Waals surface area contributed by atoms with Gasteiger partial charge in [-0.1, -0.05) is 11.3 Å². The Morgan fingerprint density at radius 2 is 2.16 bits per heavy atom. The highest BCUT2D eigenvalue weighted by Crippen LogP contribution is 2.31. The average molecular weight is 306 g/mol. The van der Waals surface area contributed by atoms with Crippen LogP contribution >= 0.6 is 11.3 Å². The summed E-state index contributed by atoms with van der Waals surface area (Å²) in [5.74, 6) is -0.350. The van der Waals surface area contributed by atoms with E-state index in [1.54, 1.807) is 0 Å². The van der Waals surface area contributed by atoms with Crippen LogP contribution in [0.3, 0.4) is 0 Å². The highest BCUT2D eigenvalue weighted by atomic mass is 32.2. The standard InChI is InChI=1S/C9H14N4O4S2/c1-6(14)11-7-12-13-8(18-7)19(16,17)10-5-9(15)3-2-4-9/h10,15H,2-5H2,1H3,(H,11,12,14). The maximum atomic E-state index is 11.9. The Morgan fingerprint density at radius 3 is 2.68 bits per heavy atom. The summed E-state index contributed by atoms with van der Waals surface area (Å²) in [6.07, 6.45) is 2.06. The lowest BCUT2D eigenvalue weighted by atomic mass is 9.81. The number of sulfonamides is 1. The Kier molecular flexibility index (Phi) is 3.85. The molecule has 3 N–H and O–H groups in total. The molecule has 1 saturated carbocycles. The predicted octanol–water partition coefficient (Wildman–Crippen LogP) is -0.310. The highest BCUT2D eigenvalue weighted by molar-refractivity contribution is 7.91. The van der Waals surface area contributed by atoms with Crippen LogP contribution < -0.4 is 10.0 Å². The monoisotopic (exact) mass is 306 g/mol. The van der Waals surface area contributed by atoms with Crippen molar-refractivity contribution in [2.24, 2.45) is 0 Å². The number of hydrogen-bond donors (Lipinski definition) is 3. The molecule has 1 amide bonds. The molecule has 0 unspecified atom stereocenters. The molecule has 0 radical (unpaired) electrons. The molecule has 1 fully saturated rings. The summed E-state index contributed by atoms with van der Waals surface area (Å²) in [5.41, 5.74) is -0.946. The predicted molar refractivity (Wildman–Crippen MR) is 68.2 cm³/mol. The number of nitrogens with one attached hydrogen (secondary N) is 2. The number of hydrogen-bond acceptors (Lipinski definition) is 7. The van der Waals surface area contributed by atoms with E-state index in [1.807, 2.05) is 0 Å². The zero-order valence-corrected chi connectivity index (χ0v) is 11.8. The number of amides is 1. The maximum Gasteiger partial charge on any atom is 0.269 e. The van der Waals surface area contributed by atoms with Crippen molar-refractivity contribution in [1.29, 1.82) is 0 Å². The van der Waals surface area contributed by atoms with Crippen molar-refractivity contribution in [2.75, 3.05) is 11.9 Å². The fourth-order valence-corrected chi connectivity index (χ4v) is 3.68. The fraction of sp³-hybridized carbons (Fsp3) is 0.667. The summed E-state index contributed by atoms with van der Waals surface area (Å²) in [6, 6.07) is 0. The Morgan fingerprint density at radius 1 is 1.47 bits per heavy atom. The number of rotatable bonds is 5. The fourth-order valence-electron chi connectivity index (χ4n) is 1.57. The third kappa shape index (κ3) is 3.47. The number of nitrogens with zero attached hydrogens (tertiary/aromatic N) is 2. The quantitative estimate of drug-likeness (QED) is 0.642. The Hall–Kier alpha value is -1.10. The summed E-state index contributed by atoms with van der Waals surface area (Å²) in [7, 11) is -3.80. The largest absolute Gasteiger partial charge is 0.389 e. The van der Waals surface area contributed by atoms with Crippen LogP contribution in [-0.2, 0) is 14.8 Å². The van der Waals surface area contributed by atoms with Crippen molar-refractivity contribution in [2.45, 2.75) is 36.1 Å². The summed E-state index contributed by atoms with van der Waals surface area (Å²) in [5, 5.41) is 19.4. The maximum absolute atomic E-state index is 11.9. The van der Waals surface area contributed by atoms with E-state index in [2.05, 4.69) is 20.2 Å². The second-order valence-electron chi connectivity index (χ2n) is 4.46. The van der Waals surface area contributed by atoms with Crippen LogP contribution in [-0.4, -0.2) is 41.8 Å².